The second-order valence-corrected chi connectivity index (χ2v) is 6.84. The molecule has 2 aromatic rings. The minimum atomic E-state index is 1.20. The summed E-state index contributed by atoms with van der Waals surface area (Å²) in [7, 11) is 8.19. The van der Waals surface area contributed by atoms with Gasteiger partial charge in [0.1, 0.15) is 0 Å². The summed E-state index contributed by atoms with van der Waals surface area (Å²) >= 11 is 0. The number of allylic oxidation sites excluding steroid dienone is 8. The average Bonchev–Trinajstić information content (AvgIpc) is 2.70. The Morgan fingerprint density at radius 3 is 1.00 bits per heavy atom. The largest absolute Gasteiger partial charge is 0.378 e. The van der Waals surface area contributed by atoms with Crippen molar-refractivity contribution in [2.45, 2.75) is 0 Å². The standard InChI is InChI=1S/C26H30N2/c1-27(2)25-19-15-23(16-20-25)13-11-9-7-5-6-8-10-12-14-24-17-21-26(22-18-24)28(3)4/h5-22H,1-4H3/b6-5+,9-7+,10-8+,13-11+,14-12+. The zero-order valence-corrected chi connectivity index (χ0v) is 17.3. The van der Waals surface area contributed by atoms with E-state index in [9.17, 15) is 0 Å². The van der Waals surface area contributed by atoms with E-state index in [1.807, 2.05) is 64.6 Å². The van der Waals surface area contributed by atoms with Crippen molar-refractivity contribution in [3.63, 3.8) is 0 Å². The van der Waals surface area contributed by atoms with Crippen LogP contribution in [0.3, 0.4) is 0 Å². The summed E-state index contributed by atoms with van der Waals surface area (Å²) in [5.41, 5.74) is 4.81. The van der Waals surface area contributed by atoms with Gasteiger partial charge in [0.25, 0.3) is 0 Å². The highest BCUT2D eigenvalue weighted by molar-refractivity contribution is 5.57. The third-order valence-corrected chi connectivity index (χ3v) is 4.17. The molecule has 0 heterocycles. The highest BCUT2D eigenvalue weighted by Crippen LogP contribution is 2.14. The molecule has 0 aromatic heterocycles. The number of hydrogen-bond donors (Lipinski definition) is 0. The molecular formula is C26H30N2. The summed E-state index contributed by atoms with van der Waals surface area (Å²) in [6.45, 7) is 0. The topological polar surface area (TPSA) is 6.48 Å². The Morgan fingerprint density at radius 1 is 0.429 bits per heavy atom. The quantitative estimate of drug-likeness (QED) is 0.509. The van der Waals surface area contributed by atoms with Gasteiger partial charge < -0.3 is 9.80 Å². The molecule has 0 amide bonds. The van der Waals surface area contributed by atoms with Gasteiger partial charge in [-0.3, -0.25) is 0 Å². The van der Waals surface area contributed by atoms with Crippen molar-refractivity contribution in [3.05, 3.63) is 108 Å². The molecule has 0 saturated carbocycles. The zero-order valence-electron chi connectivity index (χ0n) is 17.3. The molecule has 0 radical (unpaired) electrons. The smallest absolute Gasteiger partial charge is 0.0361 e. The van der Waals surface area contributed by atoms with Gasteiger partial charge in [0.15, 0.2) is 0 Å². The molecule has 2 aromatic carbocycles. The van der Waals surface area contributed by atoms with Crippen LogP contribution in [0.2, 0.25) is 0 Å². The van der Waals surface area contributed by atoms with Crippen LogP contribution in [-0.4, -0.2) is 28.2 Å². The van der Waals surface area contributed by atoms with Crippen LogP contribution in [0.1, 0.15) is 11.1 Å². The lowest BCUT2D eigenvalue weighted by molar-refractivity contribution is 1.13. The van der Waals surface area contributed by atoms with Gasteiger partial charge in [-0.25, -0.2) is 0 Å². The van der Waals surface area contributed by atoms with Gasteiger partial charge in [-0.1, -0.05) is 85.0 Å². The van der Waals surface area contributed by atoms with Crippen LogP contribution in [0.25, 0.3) is 12.2 Å². The molecule has 0 aliphatic heterocycles. The maximum Gasteiger partial charge on any atom is 0.0361 e. The molecule has 0 saturated heterocycles. The average molecular weight is 371 g/mol. The van der Waals surface area contributed by atoms with E-state index in [4.69, 9.17) is 0 Å². The van der Waals surface area contributed by atoms with E-state index in [1.54, 1.807) is 0 Å². The predicted molar refractivity (Wildman–Crippen MR) is 127 cm³/mol. The van der Waals surface area contributed by atoms with E-state index in [2.05, 4.69) is 82.6 Å². The lowest BCUT2D eigenvalue weighted by Crippen LogP contribution is -2.07. The Kier molecular flexibility index (Phi) is 8.61. The molecular weight excluding hydrogens is 340 g/mol. The van der Waals surface area contributed by atoms with E-state index in [-0.39, 0.29) is 0 Å². The van der Waals surface area contributed by atoms with Crippen LogP contribution in [0, 0.1) is 0 Å². The molecule has 2 rings (SSSR count). The van der Waals surface area contributed by atoms with E-state index in [1.165, 1.54) is 22.5 Å². The Labute approximate surface area is 170 Å². The highest BCUT2D eigenvalue weighted by Gasteiger charge is 1.93. The van der Waals surface area contributed by atoms with Gasteiger partial charge in [0, 0.05) is 39.6 Å². The van der Waals surface area contributed by atoms with Gasteiger partial charge in [0.05, 0.1) is 0 Å². The summed E-state index contributed by atoms with van der Waals surface area (Å²) in [4.78, 5) is 4.20. The van der Waals surface area contributed by atoms with Crippen molar-refractivity contribution in [1.82, 2.24) is 0 Å². The first kappa shape index (κ1) is 21.0. The third-order valence-electron chi connectivity index (χ3n) is 4.17. The number of anilines is 2. The molecule has 2 nitrogen and oxygen atoms in total. The van der Waals surface area contributed by atoms with Crippen LogP contribution in [0.5, 0.6) is 0 Å². The molecule has 0 atom stereocenters. The van der Waals surface area contributed by atoms with Gasteiger partial charge in [-0.15, -0.1) is 0 Å². The monoisotopic (exact) mass is 370 g/mol. The van der Waals surface area contributed by atoms with Crippen LogP contribution < -0.4 is 9.80 Å². The van der Waals surface area contributed by atoms with Crippen molar-refractivity contribution in [3.8, 4) is 0 Å². The number of rotatable bonds is 8. The van der Waals surface area contributed by atoms with Crippen molar-refractivity contribution in [1.29, 1.82) is 0 Å². The Bertz CT molecular complexity index is 773. The summed E-state index contributed by atoms with van der Waals surface area (Å²) < 4.78 is 0. The summed E-state index contributed by atoms with van der Waals surface area (Å²) in [6.07, 6.45) is 20.5. The minimum Gasteiger partial charge on any atom is -0.378 e. The van der Waals surface area contributed by atoms with E-state index in [0.29, 0.717) is 0 Å². The Balaban J connectivity index is 1.74. The number of nitrogens with zero attached hydrogens (tertiary/aromatic N) is 2. The molecule has 0 N–H and O–H groups in total. The van der Waals surface area contributed by atoms with Crippen LogP contribution in [0.4, 0.5) is 11.4 Å². The molecule has 0 aliphatic carbocycles. The van der Waals surface area contributed by atoms with Crippen LogP contribution >= 0.6 is 0 Å². The highest BCUT2D eigenvalue weighted by atomic mass is 15.1. The molecule has 0 bridgehead atoms. The second-order valence-electron chi connectivity index (χ2n) is 6.84. The normalized spacial score (nSPS) is 12.3. The summed E-state index contributed by atoms with van der Waals surface area (Å²) in [6, 6.07) is 17.0. The minimum absolute atomic E-state index is 1.20. The lowest BCUT2D eigenvalue weighted by Gasteiger charge is -2.11. The van der Waals surface area contributed by atoms with E-state index < -0.39 is 0 Å². The fourth-order valence-corrected chi connectivity index (χ4v) is 2.49. The molecule has 0 unspecified atom stereocenters. The van der Waals surface area contributed by atoms with Gasteiger partial charge in [0.2, 0.25) is 0 Å². The maximum absolute atomic E-state index is 2.12. The van der Waals surface area contributed by atoms with Crippen molar-refractivity contribution in [2.75, 3.05) is 38.0 Å². The van der Waals surface area contributed by atoms with Crippen molar-refractivity contribution in [2.24, 2.45) is 0 Å². The molecule has 144 valence electrons. The van der Waals surface area contributed by atoms with Gasteiger partial charge in [-0.05, 0) is 35.4 Å². The molecule has 28 heavy (non-hydrogen) atoms. The van der Waals surface area contributed by atoms with Gasteiger partial charge in [-0.2, -0.15) is 0 Å². The Morgan fingerprint density at radius 2 is 0.714 bits per heavy atom. The fourth-order valence-electron chi connectivity index (χ4n) is 2.49. The second kappa shape index (κ2) is 11.5. The zero-order chi connectivity index (χ0) is 20.2. The molecule has 0 spiro atoms. The first-order valence-corrected chi connectivity index (χ1v) is 9.46. The predicted octanol–water partition coefficient (Wildman–Crippen LogP) is 6.21. The first-order valence-electron chi connectivity index (χ1n) is 9.46. The van der Waals surface area contributed by atoms with Crippen LogP contribution in [-0.2, 0) is 0 Å². The van der Waals surface area contributed by atoms with Crippen molar-refractivity contribution < 1.29 is 0 Å². The fraction of sp³-hybridized carbons (Fsp3) is 0.154. The van der Waals surface area contributed by atoms with Gasteiger partial charge >= 0.3 is 0 Å². The van der Waals surface area contributed by atoms with Crippen molar-refractivity contribution >= 4 is 23.5 Å². The molecule has 0 aliphatic rings. The Hall–Kier alpha value is -3.26. The summed E-state index contributed by atoms with van der Waals surface area (Å²) in [5, 5.41) is 0. The molecule has 2 heteroatoms. The third kappa shape index (κ3) is 7.55. The maximum atomic E-state index is 2.12. The number of benzene rings is 2. The SMILES string of the molecule is CN(C)c1ccc(/C=C/C=C/C=C/C=C/C=C/c2ccc(N(C)C)cc2)cc1. The number of hydrogen-bond acceptors (Lipinski definition) is 2. The lowest BCUT2D eigenvalue weighted by atomic mass is 10.2. The van der Waals surface area contributed by atoms with E-state index in [0.717, 1.165) is 0 Å². The van der Waals surface area contributed by atoms with Crippen LogP contribution in [0.15, 0.2) is 97.1 Å². The molecule has 0 fully saturated rings. The summed E-state index contributed by atoms with van der Waals surface area (Å²) in [5.74, 6) is 0. The van der Waals surface area contributed by atoms with E-state index >= 15 is 0 Å². The first-order chi connectivity index (χ1) is 13.6.